The third kappa shape index (κ3) is 3.39. The highest BCUT2D eigenvalue weighted by Gasteiger charge is 2.13. The van der Waals surface area contributed by atoms with E-state index in [1.807, 2.05) is 11.0 Å². The van der Waals surface area contributed by atoms with Crippen LogP contribution in [0.4, 0.5) is 11.4 Å². The van der Waals surface area contributed by atoms with E-state index in [1.54, 1.807) is 18.2 Å². The van der Waals surface area contributed by atoms with Crippen molar-refractivity contribution >= 4 is 17.3 Å². The van der Waals surface area contributed by atoms with Gasteiger partial charge < -0.3 is 16.4 Å². The predicted molar refractivity (Wildman–Crippen MR) is 71.9 cm³/mol. The molecule has 0 heterocycles. The van der Waals surface area contributed by atoms with Crippen molar-refractivity contribution in [1.29, 1.82) is 5.26 Å². The molecular formula is C13H18N4O. The molecule has 1 amide bonds. The molecule has 1 aromatic rings. The van der Waals surface area contributed by atoms with Gasteiger partial charge in [0.05, 0.1) is 23.5 Å². The largest absolute Gasteiger partial charge is 0.396 e. The summed E-state index contributed by atoms with van der Waals surface area (Å²) in [4.78, 5) is 12.9. The van der Waals surface area contributed by atoms with Crippen molar-refractivity contribution in [2.45, 2.75) is 19.8 Å². The third-order valence-electron chi connectivity index (χ3n) is 2.67. The molecule has 1 aromatic carbocycles. The second kappa shape index (κ2) is 6.50. The van der Waals surface area contributed by atoms with Crippen LogP contribution in [0.5, 0.6) is 0 Å². The molecule has 0 bridgehead atoms. The second-order valence-electron chi connectivity index (χ2n) is 4.09. The molecule has 18 heavy (non-hydrogen) atoms. The van der Waals surface area contributed by atoms with Crippen LogP contribution in [0, 0.1) is 11.3 Å². The van der Waals surface area contributed by atoms with Gasteiger partial charge in [-0.3, -0.25) is 4.79 Å². The number of nitriles is 1. The first-order valence-corrected chi connectivity index (χ1v) is 5.92. The number of hydrogen-bond acceptors (Lipinski definition) is 4. The smallest absolute Gasteiger partial charge is 0.236 e. The molecule has 4 N–H and O–H groups in total. The minimum absolute atomic E-state index is 0.110. The number of nitrogens with zero attached hydrogens (tertiary/aromatic N) is 2. The van der Waals surface area contributed by atoms with Crippen LogP contribution in [0.1, 0.15) is 25.3 Å². The first-order chi connectivity index (χ1) is 8.60. The van der Waals surface area contributed by atoms with E-state index in [0.29, 0.717) is 23.5 Å². The van der Waals surface area contributed by atoms with E-state index in [2.05, 4.69) is 6.92 Å². The molecule has 0 aromatic heterocycles. The maximum Gasteiger partial charge on any atom is 0.236 e. The summed E-state index contributed by atoms with van der Waals surface area (Å²) in [6, 6.07) is 7.24. The molecule has 0 saturated heterocycles. The first kappa shape index (κ1) is 13.8. The summed E-state index contributed by atoms with van der Waals surface area (Å²) in [6.07, 6.45) is 1.94. The van der Waals surface area contributed by atoms with E-state index < -0.39 is 5.91 Å². The van der Waals surface area contributed by atoms with Crippen LogP contribution < -0.4 is 16.4 Å². The minimum atomic E-state index is -0.409. The summed E-state index contributed by atoms with van der Waals surface area (Å²) >= 11 is 0. The van der Waals surface area contributed by atoms with Gasteiger partial charge in [-0.1, -0.05) is 19.4 Å². The number of benzene rings is 1. The van der Waals surface area contributed by atoms with Gasteiger partial charge in [0.1, 0.15) is 6.07 Å². The van der Waals surface area contributed by atoms with Crippen LogP contribution in [-0.2, 0) is 4.79 Å². The Morgan fingerprint density at radius 3 is 2.78 bits per heavy atom. The molecule has 96 valence electrons. The van der Waals surface area contributed by atoms with Crippen LogP contribution in [0.3, 0.4) is 0 Å². The van der Waals surface area contributed by atoms with Crippen LogP contribution in [0.25, 0.3) is 0 Å². The summed E-state index contributed by atoms with van der Waals surface area (Å²) in [5.74, 6) is -0.409. The highest BCUT2D eigenvalue weighted by atomic mass is 16.1. The standard InChI is InChI=1S/C13H18N4O/c1-2-3-7-17(9-12(15)18)11-6-4-5-10(8-14)13(11)16/h4-6H,2-3,7,9,16H2,1H3,(H2,15,18). The zero-order chi connectivity index (χ0) is 13.5. The zero-order valence-corrected chi connectivity index (χ0v) is 10.5. The number of primary amides is 1. The Bertz CT molecular complexity index is 465. The van der Waals surface area contributed by atoms with Gasteiger partial charge in [0.2, 0.25) is 5.91 Å². The fourth-order valence-corrected chi connectivity index (χ4v) is 1.75. The fraction of sp³-hybridized carbons (Fsp3) is 0.385. The molecule has 1 rings (SSSR count). The number of unbranched alkanes of at least 4 members (excludes halogenated alkanes) is 1. The maximum absolute atomic E-state index is 11.1. The normalized spacial score (nSPS) is 9.78. The maximum atomic E-state index is 11.1. The highest BCUT2D eigenvalue weighted by molar-refractivity contribution is 5.82. The van der Waals surface area contributed by atoms with Crippen molar-refractivity contribution in [1.82, 2.24) is 0 Å². The number of amides is 1. The number of para-hydroxylation sites is 1. The van der Waals surface area contributed by atoms with Crippen molar-refractivity contribution < 1.29 is 4.79 Å². The summed E-state index contributed by atoms with van der Waals surface area (Å²) < 4.78 is 0. The lowest BCUT2D eigenvalue weighted by Gasteiger charge is -2.24. The molecule has 0 unspecified atom stereocenters. The molecule has 0 radical (unpaired) electrons. The summed E-state index contributed by atoms with van der Waals surface area (Å²) in [5.41, 5.74) is 12.7. The Morgan fingerprint density at radius 2 is 2.22 bits per heavy atom. The lowest BCUT2D eigenvalue weighted by atomic mass is 10.1. The molecule has 0 fully saturated rings. The van der Waals surface area contributed by atoms with Crippen LogP contribution in [0.15, 0.2) is 18.2 Å². The van der Waals surface area contributed by atoms with Gasteiger partial charge in [-0.05, 0) is 18.6 Å². The number of hydrogen-bond donors (Lipinski definition) is 2. The number of carbonyl (C=O) groups excluding carboxylic acids is 1. The van der Waals surface area contributed by atoms with E-state index in [0.717, 1.165) is 12.8 Å². The van der Waals surface area contributed by atoms with E-state index in [1.165, 1.54) is 0 Å². The van der Waals surface area contributed by atoms with E-state index >= 15 is 0 Å². The van der Waals surface area contributed by atoms with Crippen molar-refractivity contribution in [2.24, 2.45) is 5.73 Å². The van der Waals surface area contributed by atoms with Gasteiger partial charge >= 0.3 is 0 Å². The van der Waals surface area contributed by atoms with Crippen molar-refractivity contribution in [3.8, 4) is 6.07 Å². The van der Waals surface area contributed by atoms with Crippen molar-refractivity contribution in [3.63, 3.8) is 0 Å². The average Bonchev–Trinajstić information content (AvgIpc) is 2.34. The molecule has 5 heteroatoms. The van der Waals surface area contributed by atoms with Crippen molar-refractivity contribution in [2.75, 3.05) is 23.7 Å². The quantitative estimate of drug-likeness (QED) is 0.738. The molecule has 0 aliphatic carbocycles. The highest BCUT2D eigenvalue weighted by Crippen LogP contribution is 2.26. The predicted octanol–water partition coefficient (Wildman–Crippen LogP) is 1.23. The Morgan fingerprint density at radius 1 is 1.50 bits per heavy atom. The second-order valence-corrected chi connectivity index (χ2v) is 4.09. The fourth-order valence-electron chi connectivity index (χ4n) is 1.75. The number of nitrogens with two attached hydrogens (primary N) is 2. The van der Waals surface area contributed by atoms with E-state index in [-0.39, 0.29) is 6.54 Å². The zero-order valence-electron chi connectivity index (χ0n) is 10.5. The molecule has 5 nitrogen and oxygen atoms in total. The SMILES string of the molecule is CCCCN(CC(N)=O)c1cccc(C#N)c1N. The lowest BCUT2D eigenvalue weighted by Crippen LogP contribution is -2.35. The lowest BCUT2D eigenvalue weighted by molar-refractivity contribution is -0.116. The molecule has 0 atom stereocenters. The minimum Gasteiger partial charge on any atom is -0.396 e. The van der Waals surface area contributed by atoms with Gasteiger partial charge in [-0.2, -0.15) is 5.26 Å². The van der Waals surface area contributed by atoms with Gasteiger partial charge in [0.15, 0.2) is 0 Å². The Hall–Kier alpha value is -2.22. The van der Waals surface area contributed by atoms with Gasteiger partial charge in [0, 0.05) is 6.54 Å². The Kier molecular flexibility index (Phi) is 5.00. The van der Waals surface area contributed by atoms with Crippen LogP contribution in [-0.4, -0.2) is 19.0 Å². The van der Waals surface area contributed by atoms with Crippen molar-refractivity contribution in [3.05, 3.63) is 23.8 Å². The Balaban J connectivity index is 3.04. The van der Waals surface area contributed by atoms with Gasteiger partial charge in [0.25, 0.3) is 0 Å². The average molecular weight is 246 g/mol. The Labute approximate surface area is 107 Å². The van der Waals surface area contributed by atoms with Gasteiger partial charge in [-0.25, -0.2) is 0 Å². The number of anilines is 2. The molecule has 0 aliphatic heterocycles. The topological polar surface area (TPSA) is 96.1 Å². The number of carbonyl (C=O) groups is 1. The van der Waals surface area contributed by atoms with Crippen LogP contribution in [0.2, 0.25) is 0 Å². The monoisotopic (exact) mass is 246 g/mol. The molecular weight excluding hydrogens is 228 g/mol. The van der Waals surface area contributed by atoms with E-state index in [9.17, 15) is 4.79 Å². The first-order valence-electron chi connectivity index (χ1n) is 5.92. The number of nitrogen functional groups attached to an aromatic ring is 1. The summed E-state index contributed by atoms with van der Waals surface area (Å²) in [7, 11) is 0. The number of rotatable bonds is 6. The van der Waals surface area contributed by atoms with E-state index in [4.69, 9.17) is 16.7 Å². The summed E-state index contributed by atoms with van der Waals surface area (Å²) in [5, 5.41) is 8.94. The molecule has 0 aliphatic rings. The van der Waals surface area contributed by atoms with Gasteiger partial charge in [-0.15, -0.1) is 0 Å². The van der Waals surface area contributed by atoms with Crippen LogP contribution >= 0.6 is 0 Å². The molecule has 0 spiro atoms. The molecule has 0 saturated carbocycles. The summed E-state index contributed by atoms with van der Waals surface area (Å²) in [6.45, 7) is 2.87. The third-order valence-corrected chi connectivity index (χ3v) is 2.67.